The van der Waals surface area contributed by atoms with Crippen molar-refractivity contribution < 1.29 is 18.8 Å². The number of hydrogen-bond acceptors (Lipinski definition) is 3. The van der Waals surface area contributed by atoms with Crippen molar-refractivity contribution in [3.63, 3.8) is 0 Å². The van der Waals surface area contributed by atoms with E-state index in [0.29, 0.717) is 0 Å². The van der Waals surface area contributed by atoms with Crippen molar-refractivity contribution in [2.75, 3.05) is 0 Å². The van der Waals surface area contributed by atoms with Crippen LogP contribution in [0.25, 0.3) is 10.9 Å². The zero-order valence-corrected chi connectivity index (χ0v) is 7.78. The summed E-state index contributed by atoms with van der Waals surface area (Å²) in [5.74, 6) is -1.67. The highest BCUT2D eigenvalue weighted by atomic mass is 19.1. The summed E-state index contributed by atoms with van der Waals surface area (Å²) in [4.78, 5) is 0. The van der Waals surface area contributed by atoms with E-state index in [1.807, 2.05) is 0 Å². The Hall–Kier alpha value is -1.47. The molecular weight excluding hydrogens is 205 g/mol. The molecule has 7 heteroatoms. The SMILES string of the molecule is Cn1nc2ccc(F)c(B(O)O)c2c1F. The molecule has 2 aromatic rings. The second kappa shape index (κ2) is 3.28. The molecule has 0 aliphatic heterocycles. The zero-order chi connectivity index (χ0) is 11.2. The molecule has 0 aliphatic carbocycles. The van der Waals surface area contributed by atoms with Gasteiger partial charge in [-0.25, -0.2) is 9.07 Å². The molecule has 1 heterocycles. The average molecular weight is 212 g/mol. The molecule has 0 unspecified atom stereocenters. The second-order valence-electron chi connectivity index (χ2n) is 3.14. The van der Waals surface area contributed by atoms with Crippen molar-refractivity contribution in [1.82, 2.24) is 9.78 Å². The summed E-state index contributed by atoms with van der Waals surface area (Å²) >= 11 is 0. The first-order chi connectivity index (χ1) is 7.02. The molecule has 0 saturated heterocycles. The summed E-state index contributed by atoms with van der Waals surface area (Å²) in [7, 11) is -0.715. The number of aryl methyl sites for hydroxylation is 1. The topological polar surface area (TPSA) is 58.3 Å². The molecule has 2 rings (SSSR count). The molecule has 78 valence electrons. The van der Waals surface area contributed by atoms with Gasteiger partial charge in [0.15, 0.2) is 0 Å². The maximum absolute atomic E-state index is 13.5. The number of nitrogens with zero attached hydrogens (tertiary/aromatic N) is 2. The van der Waals surface area contributed by atoms with Crippen LogP contribution in [0.4, 0.5) is 8.78 Å². The van der Waals surface area contributed by atoms with Gasteiger partial charge in [-0.15, -0.1) is 0 Å². The van der Waals surface area contributed by atoms with Gasteiger partial charge in [0.05, 0.1) is 10.9 Å². The van der Waals surface area contributed by atoms with Gasteiger partial charge in [-0.05, 0) is 12.1 Å². The summed E-state index contributed by atoms with van der Waals surface area (Å²) < 4.78 is 27.6. The van der Waals surface area contributed by atoms with Crippen molar-refractivity contribution >= 4 is 23.5 Å². The van der Waals surface area contributed by atoms with Crippen molar-refractivity contribution in [2.45, 2.75) is 0 Å². The predicted octanol–water partition coefficient (Wildman–Crippen LogP) is -0.469. The molecule has 0 fully saturated rings. The molecule has 15 heavy (non-hydrogen) atoms. The van der Waals surface area contributed by atoms with Gasteiger partial charge in [-0.2, -0.15) is 9.49 Å². The van der Waals surface area contributed by atoms with Crippen molar-refractivity contribution in [2.24, 2.45) is 7.05 Å². The van der Waals surface area contributed by atoms with Crippen molar-refractivity contribution in [1.29, 1.82) is 0 Å². The minimum absolute atomic E-state index is 0.180. The van der Waals surface area contributed by atoms with E-state index in [0.717, 1.165) is 10.7 Å². The van der Waals surface area contributed by atoms with Crippen LogP contribution in [0.1, 0.15) is 0 Å². The fourth-order valence-corrected chi connectivity index (χ4v) is 1.50. The van der Waals surface area contributed by atoms with Crippen LogP contribution in [0.2, 0.25) is 0 Å². The highest BCUT2D eigenvalue weighted by Gasteiger charge is 2.24. The van der Waals surface area contributed by atoms with E-state index in [1.54, 1.807) is 0 Å². The van der Waals surface area contributed by atoms with Gasteiger partial charge >= 0.3 is 7.12 Å². The summed E-state index contributed by atoms with van der Waals surface area (Å²) in [5.41, 5.74) is -0.308. The van der Waals surface area contributed by atoms with Crippen LogP contribution in [0, 0.1) is 11.8 Å². The largest absolute Gasteiger partial charge is 0.492 e. The minimum Gasteiger partial charge on any atom is -0.423 e. The number of rotatable bonds is 1. The van der Waals surface area contributed by atoms with E-state index in [1.165, 1.54) is 13.1 Å². The molecule has 0 amide bonds. The molecule has 1 aromatic heterocycles. The van der Waals surface area contributed by atoms with Gasteiger partial charge in [-0.3, -0.25) is 0 Å². The molecule has 0 atom stereocenters. The Morgan fingerprint density at radius 2 is 2.00 bits per heavy atom. The Balaban J connectivity index is 2.91. The minimum atomic E-state index is -2.06. The Kier molecular flexibility index (Phi) is 2.20. The Labute approximate surface area is 83.9 Å². The molecule has 0 bridgehead atoms. The number of hydrogen-bond donors (Lipinski definition) is 2. The first-order valence-electron chi connectivity index (χ1n) is 4.19. The summed E-state index contributed by atoms with van der Waals surface area (Å²) in [5, 5.41) is 21.4. The molecule has 2 N–H and O–H groups in total. The number of fused-ring (bicyclic) bond motifs is 1. The lowest BCUT2D eigenvalue weighted by molar-refractivity contribution is 0.423. The summed E-state index contributed by atoms with van der Waals surface area (Å²) in [6, 6.07) is 2.29. The first kappa shape index (κ1) is 10.1. The van der Waals surface area contributed by atoms with Gasteiger partial charge < -0.3 is 10.0 Å². The smallest absolute Gasteiger partial charge is 0.423 e. The molecule has 4 nitrogen and oxygen atoms in total. The lowest BCUT2D eigenvalue weighted by Crippen LogP contribution is -2.33. The predicted molar refractivity (Wildman–Crippen MR) is 50.5 cm³/mol. The first-order valence-corrected chi connectivity index (χ1v) is 4.19. The van der Waals surface area contributed by atoms with Crippen LogP contribution in [0.5, 0.6) is 0 Å². The molecule has 0 aliphatic rings. The van der Waals surface area contributed by atoms with Crippen molar-refractivity contribution in [3.05, 3.63) is 23.9 Å². The summed E-state index contributed by atoms with van der Waals surface area (Å²) in [6.45, 7) is 0. The van der Waals surface area contributed by atoms with E-state index < -0.39 is 24.3 Å². The molecule has 0 saturated carbocycles. The molecular formula is C8H7BF2N2O2. The third kappa shape index (κ3) is 1.40. The van der Waals surface area contributed by atoms with E-state index in [4.69, 9.17) is 10.0 Å². The monoisotopic (exact) mass is 212 g/mol. The van der Waals surface area contributed by atoms with Gasteiger partial charge in [0.1, 0.15) is 5.82 Å². The Morgan fingerprint density at radius 1 is 1.33 bits per heavy atom. The van der Waals surface area contributed by atoms with Crippen LogP contribution in [-0.4, -0.2) is 26.9 Å². The zero-order valence-electron chi connectivity index (χ0n) is 7.78. The van der Waals surface area contributed by atoms with Crippen LogP contribution in [-0.2, 0) is 7.05 Å². The standard InChI is InChI=1S/C8H7BF2N2O2/c1-13-8(11)6-5(12-13)3-2-4(10)7(6)9(14)15/h2-3,14-15H,1H3. The fraction of sp³-hybridized carbons (Fsp3) is 0.125. The third-order valence-electron chi connectivity index (χ3n) is 2.18. The van der Waals surface area contributed by atoms with Crippen molar-refractivity contribution in [3.8, 4) is 0 Å². The van der Waals surface area contributed by atoms with E-state index in [9.17, 15) is 8.78 Å². The number of halogens is 2. The van der Waals surface area contributed by atoms with E-state index in [2.05, 4.69) is 5.10 Å². The number of benzene rings is 1. The molecule has 1 aromatic carbocycles. The lowest BCUT2D eigenvalue weighted by atomic mass is 9.77. The maximum Gasteiger partial charge on any atom is 0.492 e. The average Bonchev–Trinajstić information content (AvgIpc) is 2.44. The number of aromatic nitrogens is 2. The molecule has 0 spiro atoms. The summed E-state index contributed by atoms with van der Waals surface area (Å²) in [6.07, 6.45) is 0. The molecule has 0 radical (unpaired) electrons. The van der Waals surface area contributed by atoms with Gasteiger partial charge in [0.25, 0.3) is 0 Å². The lowest BCUT2D eigenvalue weighted by Gasteiger charge is -2.02. The maximum atomic E-state index is 13.5. The van der Waals surface area contributed by atoms with Gasteiger partial charge in [0, 0.05) is 12.5 Å². The van der Waals surface area contributed by atoms with Crippen LogP contribution >= 0.6 is 0 Å². The fourth-order valence-electron chi connectivity index (χ4n) is 1.50. The van der Waals surface area contributed by atoms with Crippen LogP contribution in [0.15, 0.2) is 12.1 Å². The normalized spacial score (nSPS) is 11.0. The Morgan fingerprint density at radius 3 is 2.60 bits per heavy atom. The van der Waals surface area contributed by atoms with Gasteiger partial charge in [0.2, 0.25) is 5.95 Å². The van der Waals surface area contributed by atoms with Crippen LogP contribution in [0.3, 0.4) is 0 Å². The van der Waals surface area contributed by atoms with Crippen LogP contribution < -0.4 is 5.46 Å². The quantitative estimate of drug-likeness (QED) is 0.628. The van der Waals surface area contributed by atoms with E-state index >= 15 is 0 Å². The van der Waals surface area contributed by atoms with E-state index in [-0.39, 0.29) is 10.9 Å². The third-order valence-corrected chi connectivity index (χ3v) is 2.18. The second-order valence-corrected chi connectivity index (χ2v) is 3.14. The van der Waals surface area contributed by atoms with Gasteiger partial charge in [-0.1, -0.05) is 0 Å². The highest BCUT2D eigenvalue weighted by molar-refractivity contribution is 6.62. The highest BCUT2D eigenvalue weighted by Crippen LogP contribution is 2.15. The Bertz CT molecular complexity index is 527.